The lowest BCUT2D eigenvalue weighted by molar-refractivity contribution is -0.150. The molecule has 37 heavy (non-hydrogen) atoms. The standard InChI is InChI=1S/C27H27Cl2N3O5/c28-19-12-30-13-20(29)22(19)23-18(24(37-32-23)16-1-2-16)14-36-27-8-5-26(6-9-27,7-10-27)15-35-17-3-4-21(25(33)34)31-11-17/h3-4,11-13,16H,1-2,5-10,14-15H2,(H,33,34). The highest BCUT2D eigenvalue weighted by atomic mass is 35.5. The fraction of sp³-hybridized carbons (Fsp3) is 0.481. The fourth-order valence-electron chi connectivity index (χ4n) is 5.68. The van der Waals surface area contributed by atoms with Gasteiger partial charge in [0.15, 0.2) is 0 Å². The zero-order valence-corrected chi connectivity index (χ0v) is 21.7. The zero-order chi connectivity index (χ0) is 25.6. The first-order valence-corrected chi connectivity index (χ1v) is 13.4. The smallest absolute Gasteiger partial charge is 0.354 e. The lowest BCUT2D eigenvalue weighted by Gasteiger charge is -2.52. The van der Waals surface area contributed by atoms with Crippen molar-refractivity contribution in [3.05, 3.63) is 57.8 Å². The van der Waals surface area contributed by atoms with E-state index >= 15 is 0 Å². The van der Waals surface area contributed by atoms with Crippen molar-refractivity contribution < 1.29 is 23.9 Å². The number of pyridine rings is 2. The van der Waals surface area contributed by atoms with E-state index in [-0.39, 0.29) is 16.7 Å². The maximum Gasteiger partial charge on any atom is 0.354 e. The van der Waals surface area contributed by atoms with Crippen molar-refractivity contribution >= 4 is 29.2 Å². The number of carbonyl (C=O) groups is 1. The summed E-state index contributed by atoms with van der Waals surface area (Å²) in [7, 11) is 0. The quantitative estimate of drug-likeness (QED) is 0.317. The van der Waals surface area contributed by atoms with Crippen LogP contribution in [0.5, 0.6) is 5.75 Å². The van der Waals surface area contributed by atoms with Crippen LogP contribution < -0.4 is 4.74 Å². The van der Waals surface area contributed by atoms with E-state index in [1.54, 1.807) is 18.5 Å². The second-order valence-corrected chi connectivity index (χ2v) is 11.4. The lowest BCUT2D eigenvalue weighted by atomic mass is 9.59. The molecule has 0 spiro atoms. The number of carboxylic acids is 1. The number of hydrogen-bond donors (Lipinski definition) is 1. The average Bonchev–Trinajstić information content (AvgIpc) is 3.68. The van der Waals surface area contributed by atoms with Gasteiger partial charge in [0, 0.05) is 34.9 Å². The third kappa shape index (κ3) is 4.82. The van der Waals surface area contributed by atoms with Gasteiger partial charge < -0.3 is 19.1 Å². The number of rotatable bonds is 9. The van der Waals surface area contributed by atoms with Crippen LogP contribution in [0.25, 0.3) is 11.3 Å². The summed E-state index contributed by atoms with van der Waals surface area (Å²) < 4.78 is 18.5. The number of carboxylic acid groups (broad SMARTS) is 1. The van der Waals surface area contributed by atoms with E-state index in [1.807, 2.05) is 0 Å². The molecular weight excluding hydrogens is 517 g/mol. The van der Waals surface area contributed by atoms with Gasteiger partial charge in [-0.15, -0.1) is 0 Å². The summed E-state index contributed by atoms with van der Waals surface area (Å²) in [5.41, 5.74) is 2.17. The molecule has 3 heterocycles. The highest BCUT2D eigenvalue weighted by Crippen LogP contribution is 2.55. The van der Waals surface area contributed by atoms with E-state index in [9.17, 15) is 4.79 Å². The molecule has 0 amide bonds. The van der Waals surface area contributed by atoms with E-state index in [0.29, 0.717) is 46.2 Å². The predicted molar refractivity (Wildman–Crippen MR) is 136 cm³/mol. The number of nitrogens with zero attached hydrogens (tertiary/aromatic N) is 3. The lowest BCUT2D eigenvalue weighted by Crippen LogP contribution is -2.49. The van der Waals surface area contributed by atoms with Gasteiger partial charge in [0.25, 0.3) is 0 Å². The molecule has 1 N–H and O–H groups in total. The summed E-state index contributed by atoms with van der Waals surface area (Å²) in [6.07, 6.45) is 12.7. The fourth-order valence-corrected chi connectivity index (χ4v) is 6.22. The van der Waals surface area contributed by atoms with Crippen LogP contribution in [0, 0.1) is 5.41 Å². The Morgan fingerprint density at radius 1 is 1.05 bits per heavy atom. The van der Waals surface area contributed by atoms with Crippen molar-refractivity contribution in [2.45, 2.75) is 69.5 Å². The van der Waals surface area contributed by atoms with Gasteiger partial charge in [-0.1, -0.05) is 28.4 Å². The van der Waals surface area contributed by atoms with Crippen molar-refractivity contribution in [2.24, 2.45) is 5.41 Å². The van der Waals surface area contributed by atoms with Crippen LogP contribution >= 0.6 is 23.2 Å². The first kappa shape index (κ1) is 24.6. The van der Waals surface area contributed by atoms with E-state index in [2.05, 4.69) is 15.1 Å². The number of hydrogen-bond acceptors (Lipinski definition) is 7. The van der Waals surface area contributed by atoms with Crippen LogP contribution in [0.2, 0.25) is 10.0 Å². The van der Waals surface area contributed by atoms with Crippen LogP contribution in [0.15, 0.2) is 35.2 Å². The molecule has 0 atom stereocenters. The minimum absolute atomic E-state index is 0.0112. The summed E-state index contributed by atoms with van der Waals surface area (Å²) in [5.74, 6) is 0.806. The summed E-state index contributed by atoms with van der Waals surface area (Å²) in [4.78, 5) is 19.0. The second-order valence-electron chi connectivity index (χ2n) is 10.6. The maximum absolute atomic E-state index is 11.0. The van der Waals surface area contributed by atoms with Crippen LogP contribution in [-0.4, -0.2) is 38.4 Å². The number of ether oxygens (including phenoxy) is 2. The minimum atomic E-state index is -1.05. The molecule has 8 nitrogen and oxygen atoms in total. The Labute approximate surface area is 224 Å². The molecule has 0 aromatic carbocycles. The Morgan fingerprint density at radius 2 is 1.76 bits per heavy atom. The molecule has 0 radical (unpaired) electrons. The summed E-state index contributed by atoms with van der Waals surface area (Å²) in [5, 5.41) is 14.3. The van der Waals surface area contributed by atoms with E-state index < -0.39 is 5.97 Å². The van der Waals surface area contributed by atoms with Crippen LogP contribution in [-0.2, 0) is 11.3 Å². The first-order chi connectivity index (χ1) is 17.9. The molecule has 3 aromatic heterocycles. The SMILES string of the molecule is O=C(O)c1ccc(OCC23CCC(OCc4c(-c5c(Cl)cncc5Cl)noc4C4CC4)(CC2)CC3)cn1. The predicted octanol–water partition coefficient (Wildman–Crippen LogP) is 6.70. The molecule has 4 aliphatic carbocycles. The number of aromatic carboxylic acids is 1. The molecule has 4 aliphatic rings. The van der Waals surface area contributed by atoms with Gasteiger partial charge in [-0.25, -0.2) is 9.78 Å². The van der Waals surface area contributed by atoms with Crippen molar-refractivity contribution in [3.63, 3.8) is 0 Å². The summed E-state index contributed by atoms with van der Waals surface area (Å²) in [6, 6.07) is 3.14. The van der Waals surface area contributed by atoms with E-state index in [1.165, 1.54) is 12.3 Å². The largest absolute Gasteiger partial charge is 0.491 e. The molecule has 7 rings (SSSR count). The monoisotopic (exact) mass is 543 g/mol. The van der Waals surface area contributed by atoms with Gasteiger partial charge in [0.05, 0.1) is 35.1 Å². The minimum Gasteiger partial charge on any atom is -0.491 e. The Balaban J connectivity index is 1.13. The van der Waals surface area contributed by atoms with Gasteiger partial charge in [-0.2, -0.15) is 0 Å². The number of fused-ring (bicyclic) bond motifs is 3. The van der Waals surface area contributed by atoms with Crippen LogP contribution in [0.4, 0.5) is 0 Å². The molecule has 4 saturated carbocycles. The van der Waals surface area contributed by atoms with Crippen molar-refractivity contribution in [1.29, 1.82) is 0 Å². The normalized spacial score (nSPS) is 24.8. The Kier molecular flexibility index (Phi) is 6.37. The van der Waals surface area contributed by atoms with Crippen molar-refractivity contribution in [3.8, 4) is 17.0 Å². The Bertz CT molecular complexity index is 1280. The number of aromatic nitrogens is 3. The van der Waals surface area contributed by atoms with Gasteiger partial charge in [0.1, 0.15) is 22.9 Å². The van der Waals surface area contributed by atoms with E-state index in [4.69, 9.17) is 42.3 Å². The molecule has 3 aromatic rings. The van der Waals surface area contributed by atoms with E-state index in [0.717, 1.165) is 62.7 Å². The van der Waals surface area contributed by atoms with Gasteiger partial charge >= 0.3 is 5.97 Å². The van der Waals surface area contributed by atoms with Crippen LogP contribution in [0.1, 0.15) is 79.1 Å². The first-order valence-electron chi connectivity index (χ1n) is 12.6. The zero-order valence-electron chi connectivity index (χ0n) is 20.2. The third-order valence-electron chi connectivity index (χ3n) is 8.21. The molecule has 10 heteroatoms. The molecule has 194 valence electrons. The Morgan fingerprint density at radius 3 is 2.35 bits per heavy atom. The second kappa shape index (κ2) is 9.57. The highest BCUT2D eigenvalue weighted by molar-refractivity contribution is 6.38. The summed E-state index contributed by atoms with van der Waals surface area (Å²) in [6.45, 7) is 1.00. The highest BCUT2D eigenvalue weighted by Gasteiger charge is 2.50. The van der Waals surface area contributed by atoms with Gasteiger partial charge in [-0.3, -0.25) is 4.98 Å². The molecule has 4 fully saturated rings. The summed E-state index contributed by atoms with van der Waals surface area (Å²) >= 11 is 12.9. The molecule has 0 unspecified atom stereocenters. The molecule has 0 saturated heterocycles. The topological polar surface area (TPSA) is 108 Å². The van der Waals surface area contributed by atoms with Crippen molar-refractivity contribution in [1.82, 2.24) is 15.1 Å². The van der Waals surface area contributed by atoms with Crippen molar-refractivity contribution in [2.75, 3.05) is 6.61 Å². The third-order valence-corrected chi connectivity index (χ3v) is 8.79. The molecular formula is C27H27Cl2N3O5. The van der Waals surface area contributed by atoms with Gasteiger partial charge in [-0.05, 0) is 63.5 Å². The maximum atomic E-state index is 11.0. The average molecular weight is 544 g/mol. The Hall–Kier alpha value is -2.68. The molecule has 2 bridgehead atoms. The van der Waals surface area contributed by atoms with Crippen LogP contribution in [0.3, 0.4) is 0 Å². The van der Waals surface area contributed by atoms with Gasteiger partial charge in [0.2, 0.25) is 0 Å². The molecule has 0 aliphatic heterocycles. The number of halogens is 2.